The van der Waals surface area contributed by atoms with Crippen LogP contribution in [0.1, 0.15) is 19.2 Å². The minimum Gasteiger partial charge on any atom is -0.338 e. The lowest BCUT2D eigenvalue weighted by Crippen LogP contribution is -2.42. The van der Waals surface area contributed by atoms with E-state index in [-0.39, 0.29) is 29.2 Å². The standard InChI is InChI=1S/C11H19N5O3S2/c1-3-15(9-4-5-21(18,19)7-9)10(17)6-20-11-14-13-8(2)16(11)12/h9H,3-7,12H2,1-2H3/t9-/m0/s1. The van der Waals surface area contributed by atoms with E-state index in [1.807, 2.05) is 6.92 Å². The number of thioether (sulfide) groups is 1. The Morgan fingerprint density at radius 1 is 1.52 bits per heavy atom. The molecule has 1 aromatic rings. The molecule has 118 valence electrons. The van der Waals surface area contributed by atoms with Gasteiger partial charge in [0.05, 0.1) is 17.3 Å². The number of carbonyl (C=O) groups excluding carboxylic acids is 1. The highest BCUT2D eigenvalue weighted by Crippen LogP contribution is 2.20. The van der Waals surface area contributed by atoms with Crippen molar-refractivity contribution in [3.63, 3.8) is 0 Å². The Morgan fingerprint density at radius 3 is 2.71 bits per heavy atom. The van der Waals surface area contributed by atoms with E-state index in [2.05, 4.69) is 10.2 Å². The number of nitrogen functional groups attached to an aromatic ring is 1. The fraction of sp³-hybridized carbons (Fsp3) is 0.727. The number of carbonyl (C=O) groups is 1. The summed E-state index contributed by atoms with van der Waals surface area (Å²) in [6.07, 6.45) is 0.513. The summed E-state index contributed by atoms with van der Waals surface area (Å²) in [5, 5.41) is 8.16. The Kier molecular flexibility index (Phi) is 4.77. The third kappa shape index (κ3) is 3.67. The number of rotatable bonds is 5. The van der Waals surface area contributed by atoms with Crippen LogP contribution in [0.4, 0.5) is 0 Å². The van der Waals surface area contributed by atoms with Crippen LogP contribution in [0.3, 0.4) is 0 Å². The van der Waals surface area contributed by atoms with E-state index in [1.165, 1.54) is 16.4 Å². The summed E-state index contributed by atoms with van der Waals surface area (Å²) in [6, 6.07) is -0.217. The molecular weight excluding hydrogens is 314 g/mol. The smallest absolute Gasteiger partial charge is 0.233 e. The Labute approximate surface area is 128 Å². The van der Waals surface area contributed by atoms with Gasteiger partial charge in [-0.05, 0) is 20.3 Å². The summed E-state index contributed by atoms with van der Waals surface area (Å²) < 4.78 is 24.4. The zero-order valence-corrected chi connectivity index (χ0v) is 13.7. The van der Waals surface area contributed by atoms with Crippen molar-refractivity contribution in [2.24, 2.45) is 0 Å². The number of nitrogens with zero attached hydrogens (tertiary/aromatic N) is 4. The number of aromatic nitrogens is 3. The van der Waals surface area contributed by atoms with E-state index >= 15 is 0 Å². The van der Waals surface area contributed by atoms with Gasteiger partial charge in [-0.2, -0.15) is 0 Å². The van der Waals surface area contributed by atoms with Gasteiger partial charge in [0.1, 0.15) is 5.82 Å². The average Bonchev–Trinajstić information content (AvgIpc) is 2.93. The normalized spacial score (nSPS) is 20.6. The summed E-state index contributed by atoms with van der Waals surface area (Å²) in [4.78, 5) is 13.9. The van der Waals surface area contributed by atoms with Crippen LogP contribution in [-0.4, -0.2) is 63.9 Å². The van der Waals surface area contributed by atoms with Gasteiger partial charge in [-0.1, -0.05) is 11.8 Å². The SMILES string of the molecule is CCN(C(=O)CSc1nnc(C)n1N)[C@H]1CCS(=O)(=O)C1. The predicted octanol–water partition coefficient (Wildman–Crippen LogP) is -0.572. The molecule has 10 heteroatoms. The van der Waals surface area contributed by atoms with Gasteiger partial charge in [-0.25, -0.2) is 13.1 Å². The lowest BCUT2D eigenvalue weighted by Gasteiger charge is -2.26. The van der Waals surface area contributed by atoms with Gasteiger partial charge in [-0.3, -0.25) is 4.79 Å². The van der Waals surface area contributed by atoms with Gasteiger partial charge in [-0.15, -0.1) is 10.2 Å². The Bertz CT molecular complexity index is 628. The molecule has 1 amide bonds. The van der Waals surface area contributed by atoms with Crippen LogP contribution < -0.4 is 5.84 Å². The fourth-order valence-electron chi connectivity index (χ4n) is 2.32. The predicted molar refractivity (Wildman–Crippen MR) is 80.1 cm³/mol. The maximum atomic E-state index is 12.3. The van der Waals surface area contributed by atoms with E-state index in [4.69, 9.17) is 5.84 Å². The average molecular weight is 333 g/mol. The quantitative estimate of drug-likeness (QED) is 0.567. The van der Waals surface area contributed by atoms with Crippen molar-refractivity contribution >= 4 is 27.5 Å². The molecule has 0 spiro atoms. The molecule has 2 heterocycles. The van der Waals surface area contributed by atoms with Crippen molar-refractivity contribution in [3.05, 3.63) is 5.82 Å². The number of amides is 1. The summed E-state index contributed by atoms with van der Waals surface area (Å²) in [6.45, 7) is 4.07. The van der Waals surface area contributed by atoms with Gasteiger partial charge in [0.25, 0.3) is 0 Å². The van der Waals surface area contributed by atoms with E-state index < -0.39 is 9.84 Å². The first-order valence-corrected chi connectivity index (χ1v) is 9.44. The highest BCUT2D eigenvalue weighted by Gasteiger charge is 2.33. The van der Waals surface area contributed by atoms with E-state index in [9.17, 15) is 13.2 Å². The molecule has 0 aliphatic carbocycles. The number of hydrogen-bond acceptors (Lipinski definition) is 7. The second kappa shape index (κ2) is 6.22. The summed E-state index contributed by atoms with van der Waals surface area (Å²) in [5.41, 5.74) is 0. The number of aryl methyl sites for hydroxylation is 1. The molecule has 0 saturated carbocycles. The van der Waals surface area contributed by atoms with E-state index in [0.717, 1.165) is 0 Å². The molecule has 21 heavy (non-hydrogen) atoms. The molecule has 1 fully saturated rings. The number of nitrogens with two attached hydrogens (primary N) is 1. The molecule has 8 nitrogen and oxygen atoms in total. The van der Waals surface area contributed by atoms with Crippen LogP contribution in [0.15, 0.2) is 5.16 Å². The van der Waals surface area contributed by atoms with Crippen LogP contribution in [0.2, 0.25) is 0 Å². The van der Waals surface area contributed by atoms with E-state index in [1.54, 1.807) is 11.8 Å². The lowest BCUT2D eigenvalue weighted by molar-refractivity contribution is -0.129. The third-order valence-electron chi connectivity index (χ3n) is 3.47. The van der Waals surface area contributed by atoms with Gasteiger partial charge < -0.3 is 10.7 Å². The second-order valence-corrected chi connectivity index (χ2v) is 8.10. The minimum absolute atomic E-state index is 0.0590. The first-order chi connectivity index (χ1) is 9.84. The van der Waals surface area contributed by atoms with Crippen LogP contribution in [0.5, 0.6) is 0 Å². The van der Waals surface area contributed by atoms with Gasteiger partial charge >= 0.3 is 0 Å². The van der Waals surface area contributed by atoms with Gasteiger partial charge in [0.2, 0.25) is 11.1 Å². The summed E-state index contributed by atoms with van der Waals surface area (Å²) in [7, 11) is -3.00. The molecule has 1 aromatic heterocycles. The zero-order chi connectivity index (χ0) is 15.6. The maximum absolute atomic E-state index is 12.3. The topological polar surface area (TPSA) is 111 Å². The molecule has 1 atom stereocenters. The highest BCUT2D eigenvalue weighted by molar-refractivity contribution is 7.99. The first kappa shape index (κ1) is 16.1. The number of sulfone groups is 1. The largest absolute Gasteiger partial charge is 0.338 e. The van der Waals surface area contributed by atoms with Crippen molar-refractivity contribution in [1.82, 2.24) is 19.8 Å². The van der Waals surface area contributed by atoms with Gasteiger partial charge in [0, 0.05) is 12.6 Å². The molecule has 1 saturated heterocycles. The molecule has 1 aliphatic rings. The fourth-order valence-corrected chi connectivity index (χ4v) is 4.84. The van der Waals surface area contributed by atoms with Gasteiger partial charge in [0.15, 0.2) is 9.84 Å². The zero-order valence-electron chi connectivity index (χ0n) is 12.0. The van der Waals surface area contributed by atoms with Crippen molar-refractivity contribution in [2.75, 3.05) is 29.6 Å². The Balaban J connectivity index is 1.96. The van der Waals surface area contributed by atoms with Crippen LogP contribution >= 0.6 is 11.8 Å². The van der Waals surface area contributed by atoms with Crippen LogP contribution in [0.25, 0.3) is 0 Å². The first-order valence-electron chi connectivity index (χ1n) is 6.64. The molecule has 0 bridgehead atoms. The third-order valence-corrected chi connectivity index (χ3v) is 6.15. The van der Waals surface area contributed by atoms with Crippen molar-refractivity contribution < 1.29 is 13.2 Å². The van der Waals surface area contributed by atoms with Crippen molar-refractivity contribution in [2.45, 2.75) is 31.5 Å². The highest BCUT2D eigenvalue weighted by atomic mass is 32.2. The lowest BCUT2D eigenvalue weighted by atomic mass is 10.2. The van der Waals surface area contributed by atoms with Crippen molar-refractivity contribution in [1.29, 1.82) is 0 Å². The van der Waals surface area contributed by atoms with E-state index in [0.29, 0.717) is 23.9 Å². The Morgan fingerprint density at radius 2 is 2.24 bits per heavy atom. The monoisotopic (exact) mass is 333 g/mol. The summed E-state index contributed by atoms with van der Waals surface area (Å²) >= 11 is 1.20. The molecular formula is C11H19N5O3S2. The van der Waals surface area contributed by atoms with Crippen LogP contribution in [0, 0.1) is 6.92 Å². The Hall–Kier alpha value is -1.29. The second-order valence-electron chi connectivity index (χ2n) is 4.93. The van der Waals surface area contributed by atoms with Crippen LogP contribution in [-0.2, 0) is 14.6 Å². The molecule has 2 N–H and O–H groups in total. The molecule has 0 unspecified atom stereocenters. The number of hydrogen-bond donors (Lipinski definition) is 1. The molecule has 1 aliphatic heterocycles. The molecule has 2 rings (SSSR count). The van der Waals surface area contributed by atoms with Crippen molar-refractivity contribution in [3.8, 4) is 0 Å². The molecule has 0 radical (unpaired) electrons. The molecule has 0 aromatic carbocycles. The summed E-state index contributed by atoms with van der Waals surface area (Å²) in [5.74, 6) is 6.57. The minimum atomic E-state index is -3.00. The maximum Gasteiger partial charge on any atom is 0.233 e.